The van der Waals surface area contributed by atoms with E-state index in [9.17, 15) is 0 Å². The quantitative estimate of drug-likeness (QED) is 0.846. The number of nitrogens with zero attached hydrogens (tertiary/aromatic N) is 3. The molecule has 4 nitrogen and oxygen atoms in total. The fourth-order valence-corrected chi connectivity index (χ4v) is 2.83. The van der Waals surface area contributed by atoms with E-state index in [1.54, 1.807) is 6.33 Å². The summed E-state index contributed by atoms with van der Waals surface area (Å²) >= 11 is 0. The van der Waals surface area contributed by atoms with Crippen LogP contribution in [0.25, 0.3) is 0 Å². The van der Waals surface area contributed by atoms with Crippen molar-refractivity contribution in [2.24, 2.45) is 18.7 Å². The van der Waals surface area contributed by atoms with Crippen LogP contribution in [0.2, 0.25) is 0 Å². The maximum absolute atomic E-state index is 6.50. The van der Waals surface area contributed by atoms with Gasteiger partial charge in [0.2, 0.25) is 0 Å². The van der Waals surface area contributed by atoms with E-state index in [0.717, 1.165) is 31.0 Å². The van der Waals surface area contributed by atoms with E-state index in [2.05, 4.69) is 17.0 Å². The van der Waals surface area contributed by atoms with Crippen LogP contribution in [-0.2, 0) is 13.5 Å². The molecule has 2 rings (SSSR count). The third-order valence-corrected chi connectivity index (χ3v) is 3.87. The fraction of sp³-hybridized carbons (Fsp3) is 0.833. The molecule has 1 aliphatic rings. The second-order valence-corrected chi connectivity index (χ2v) is 5.21. The van der Waals surface area contributed by atoms with Crippen LogP contribution in [0.3, 0.4) is 0 Å². The Labute approximate surface area is 97.2 Å². The molecule has 1 aromatic heterocycles. The van der Waals surface area contributed by atoms with Gasteiger partial charge in [-0.3, -0.25) is 4.68 Å². The predicted octanol–water partition coefficient (Wildman–Crippen LogP) is 1.66. The van der Waals surface area contributed by atoms with Crippen LogP contribution in [0.15, 0.2) is 6.33 Å². The molecule has 90 valence electrons. The zero-order chi connectivity index (χ0) is 11.6. The molecule has 2 N–H and O–H groups in total. The van der Waals surface area contributed by atoms with Crippen molar-refractivity contribution in [3.05, 3.63) is 12.2 Å². The molecule has 0 aromatic carbocycles. The molecule has 4 heteroatoms. The van der Waals surface area contributed by atoms with Gasteiger partial charge in [0, 0.05) is 19.0 Å². The third-order valence-electron chi connectivity index (χ3n) is 3.87. The van der Waals surface area contributed by atoms with Crippen LogP contribution < -0.4 is 5.73 Å². The number of rotatable bonds is 3. The first-order chi connectivity index (χ1) is 7.63. The van der Waals surface area contributed by atoms with Crippen molar-refractivity contribution >= 4 is 0 Å². The van der Waals surface area contributed by atoms with E-state index < -0.39 is 0 Å². The second kappa shape index (κ2) is 4.53. The predicted molar refractivity (Wildman–Crippen MR) is 63.9 cm³/mol. The first-order valence-electron chi connectivity index (χ1n) is 6.25. The van der Waals surface area contributed by atoms with Crippen molar-refractivity contribution in [1.29, 1.82) is 0 Å². The lowest BCUT2D eigenvalue weighted by Crippen LogP contribution is -2.46. The molecule has 1 saturated carbocycles. The molecule has 0 aliphatic heterocycles. The summed E-state index contributed by atoms with van der Waals surface area (Å²) < 4.78 is 1.84. The summed E-state index contributed by atoms with van der Waals surface area (Å²) in [7, 11) is 1.94. The number of hydrogen-bond donors (Lipinski definition) is 1. The van der Waals surface area contributed by atoms with Crippen molar-refractivity contribution in [3.63, 3.8) is 0 Å². The van der Waals surface area contributed by atoms with E-state index in [1.807, 2.05) is 11.7 Å². The van der Waals surface area contributed by atoms with Crippen LogP contribution in [0.4, 0.5) is 0 Å². The SMILES string of the molecule is CCC1CCCC(N)(Cc2ncnn2C)C1. The Bertz CT molecular complexity index is 347. The highest BCUT2D eigenvalue weighted by molar-refractivity contribution is 4.99. The average molecular weight is 222 g/mol. The number of aromatic nitrogens is 3. The Kier molecular flexibility index (Phi) is 3.28. The maximum Gasteiger partial charge on any atom is 0.138 e. The molecule has 0 amide bonds. The molecule has 0 bridgehead atoms. The van der Waals surface area contributed by atoms with E-state index in [1.165, 1.54) is 19.3 Å². The number of hydrogen-bond acceptors (Lipinski definition) is 3. The van der Waals surface area contributed by atoms with Crippen molar-refractivity contribution in [3.8, 4) is 0 Å². The molecule has 2 unspecified atom stereocenters. The highest BCUT2D eigenvalue weighted by Crippen LogP contribution is 2.34. The Morgan fingerprint density at radius 3 is 3.06 bits per heavy atom. The van der Waals surface area contributed by atoms with Crippen LogP contribution in [-0.4, -0.2) is 20.3 Å². The molecule has 1 aliphatic carbocycles. The van der Waals surface area contributed by atoms with Gasteiger partial charge in [0.1, 0.15) is 12.2 Å². The Balaban J connectivity index is 2.05. The molecular formula is C12H22N4. The lowest BCUT2D eigenvalue weighted by molar-refractivity contribution is 0.214. The monoisotopic (exact) mass is 222 g/mol. The molecule has 16 heavy (non-hydrogen) atoms. The van der Waals surface area contributed by atoms with Gasteiger partial charge in [0.05, 0.1) is 0 Å². The van der Waals surface area contributed by atoms with E-state index in [0.29, 0.717) is 0 Å². The highest BCUT2D eigenvalue weighted by Gasteiger charge is 2.33. The molecule has 1 fully saturated rings. The summed E-state index contributed by atoms with van der Waals surface area (Å²) in [6, 6.07) is 0. The van der Waals surface area contributed by atoms with Crippen LogP contribution in [0, 0.1) is 5.92 Å². The zero-order valence-corrected chi connectivity index (χ0v) is 10.3. The lowest BCUT2D eigenvalue weighted by atomic mass is 9.73. The minimum Gasteiger partial charge on any atom is -0.325 e. The minimum absolute atomic E-state index is 0.0558. The first-order valence-corrected chi connectivity index (χ1v) is 6.25. The molecule has 2 atom stereocenters. The summed E-state index contributed by atoms with van der Waals surface area (Å²) in [4.78, 5) is 4.28. The molecule has 0 saturated heterocycles. The van der Waals surface area contributed by atoms with Gasteiger partial charge in [0.15, 0.2) is 0 Å². The highest BCUT2D eigenvalue weighted by atomic mass is 15.3. The normalized spacial score (nSPS) is 30.6. The van der Waals surface area contributed by atoms with Crippen LogP contribution in [0.1, 0.15) is 44.9 Å². The van der Waals surface area contributed by atoms with Gasteiger partial charge in [-0.2, -0.15) is 5.10 Å². The summed E-state index contributed by atoms with van der Waals surface area (Å²) in [6.45, 7) is 2.26. The van der Waals surface area contributed by atoms with E-state index >= 15 is 0 Å². The van der Waals surface area contributed by atoms with Gasteiger partial charge in [-0.05, 0) is 18.8 Å². The third kappa shape index (κ3) is 2.43. The van der Waals surface area contributed by atoms with Gasteiger partial charge >= 0.3 is 0 Å². The molecule has 1 aromatic rings. The summed E-state index contributed by atoms with van der Waals surface area (Å²) in [5.41, 5.74) is 6.45. The number of nitrogens with two attached hydrogens (primary N) is 1. The lowest BCUT2D eigenvalue weighted by Gasteiger charge is -2.37. The van der Waals surface area contributed by atoms with Gasteiger partial charge in [-0.15, -0.1) is 0 Å². The molecule has 0 radical (unpaired) electrons. The van der Waals surface area contributed by atoms with Crippen LogP contribution in [0.5, 0.6) is 0 Å². The van der Waals surface area contributed by atoms with Crippen molar-refractivity contribution in [1.82, 2.24) is 14.8 Å². The Hall–Kier alpha value is -0.900. The smallest absolute Gasteiger partial charge is 0.138 e. The average Bonchev–Trinajstić information content (AvgIpc) is 2.64. The second-order valence-electron chi connectivity index (χ2n) is 5.21. The van der Waals surface area contributed by atoms with E-state index in [4.69, 9.17) is 5.73 Å². The van der Waals surface area contributed by atoms with Gasteiger partial charge in [-0.1, -0.05) is 26.2 Å². The van der Waals surface area contributed by atoms with Crippen LogP contribution >= 0.6 is 0 Å². The fourth-order valence-electron chi connectivity index (χ4n) is 2.83. The van der Waals surface area contributed by atoms with Gasteiger partial charge in [-0.25, -0.2) is 4.98 Å². The van der Waals surface area contributed by atoms with E-state index in [-0.39, 0.29) is 5.54 Å². The summed E-state index contributed by atoms with van der Waals surface area (Å²) in [5.74, 6) is 1.81. The molecule has 0 spiro atoms. The zero-order valence-electron chi connectivity index (χ0n) is 10.3. The number of aryl methyl sites for hydroxylation is 1. The maximum atomic E-state index is 6.50. The summed E-state index contributed by atoms with van der Waals surface area (Å²) in [5, 5.41) is 4.10. The molecule has 1 heterocycles. The Morgan fingerprint density at radius 2 is 2.44 bits per heavy atom. The topological polar surface area (TPSA) is 56.7 Å². The summed E-state index contributed by atoms with van der Waals surface area (Å²) in [6.07, 6.45) is 8.57. The Morgan fingerprint density at radius 1 is 1.62 bits per heavy atom. The standard InChI is InChI=1S/C12H22N4/c1-3-10-5-4-6-12(13,7-10)8-11-14-9-15-16(11)2/h9-10H,3-8,13H2,1-2H3. The first kappa shape index (κ1) is 11.6. The largest absolute Gasteiger partial charge is 0.325 e. The van der Waals surface area contributed by atoms with Gasteiger partial charge in [0.25, 0.3) is 0 Å². The minimum atomic E-state index is -0.0558. The van der Waals surface area contributed by atoms with Gasteiger partial charge < -0.3 is 5.73 Å². The van der Waals surface area contributed by atoms with Crippen molar-refractivity contribution in [2.75, 3.05) is 0 Å². The van der Waals surface area contributed by atoms with Crippen molar-refractivity contribution < 1.29 is 0 Å². The van der Waals surface area contributed by atoms with Crippen molar-refractivity contribution in [2.45, 2.75) is 51.0 Å². The molecular weight excluding hydrogens is 200 g/mol.